The van der Waals surface area contributed by atoms with E-state index in [0.717, 1.165) is 56.0 Å². The molecule has 3 aromatic rings. The van der Waals surface area contributed by atoms with E-state index < -0.39 is 0 Å². The van der Waals surface area contributed by atoms with Crippen molar-refractivity contribution in [3.05, 3.63) is 65.8 Å². The first-order valence-corrected chi connectivity index (χ1v) is 9.79. The Kier molecular flexibility index (Phi) is 4.17. The fraction of sp³-hybridized carbons (Fsp3) is 0.400. The van der Waals surface area contributed by atoms with E-state index in [0.29, 0.717) is 5.92 Å². The standard InChI is InChI=1S/C20H21ClN6/c21-20(5-3-14(4-6-20)17-11-22-7-8-24-17)16-1-2-18-15(9-16)10-23-12-19-26-25-13-27(18)19/h1-2,7-9,11,13-14,23H,3-6,10,12H2. The van der Waals surface area contributed by atoms with Gasteiger partial charge in [0.05, 0.1) is 22.8 Å². The van der Waals surface area contributed by atoms with Gasteiger partial charge in [-0.1, -0.05) is 12.1 Å². The first kappa shape index (κ1) is 16.8. The quantitative estimate of drug-likeness (QED) is 0.689. The molecule has 1 saturated carbocycles. The Morgan fingerprint density at radius 1 is 1.15 bits per heavy atom. The summed E-state index contributed by atoms with van der Waals surface area (Å²) in [5, 5.41) is 11.7. The van der Waals surface area contributed by atoms with Crippen molar-refractivity contribution in [3.8, 4) is 5.69 Å². The lowest BCUT2D eigenvalue weighted by molar-refractivity contribution is 0.354. The molecule has 3 heterocycles. The van der Waals surface area contributed by atoms with Crippen LogP contribution in [0.15, 0.2) is 43.1 Å². The van der Waals surface area contributed by atoms with Crippen LogP contribution in [0.3, 0.4) is 0 Å². The van der Waals surface area contributed by atoms with Gasteiger partial charge in [0.15, 0.2) is 5.82 Å². The molecule has 1 aliphatic heterocycles. The molecule has 27 heavy (non-hydrogen) atoms. The van der Waals surface area contributed by atoms with Crippen molar-refractivity contribution in [2.75, 3.05) is 0 Å². The van der Waals surface area contributed by atoms with Crippen LogP contribution in [0.1, 0.15) is 54.2 Å². The van der Waals surface area contributed by atoms with Crippen LogP contribution in [-0.2, 0) is 18.0 Å². The summed E-state index contributed by atoms with van der Waals surface area (Å²) in [5.74, 6) is 1.39. The molecular formula is C20H21ClN6. The molecule has 1 aliphatic carbocycles. The first-order chi connectivity index (χ1) is 13.2. The third kappa shape index (κ3) is 3.03. The number of aromatic nitrogens is 5. The predicted octanol–water partition coefficient (Wildman–Crippen LogP) is 3.45. The Labute approximate surface area is 163 Å². The number of halogens is 1. The Morgan fingerprint density at radius 2 is 2.04 bits per heavy atom. The van der Waals surface area contributed by atoms with E-state index in [2.05, 4.69) is 48.2 Å². The number of nitrogens with one attached hydrogen (secondary N) is 1. The fourth-order valence-corrected chi connectivity index (χ4v) is 4.65. The van der Waals surface area contributed by atoms with Crippen molar-refractivity contribution < 1.29 is 0 Å². The van der Waals surface area contributed by atoms with Gasteiger partial charge in [0.25, 0.3) is 0 Å². The van der Waals surface area contributed by atoms with Crippen molar-refractivity contribution >= 4 is 11.6 Å². The first-order valence-electron chi connectivity index (χ1n) is 9.41. The average molecular weight is 381 g/mol. The minimum absolute atomic E-state index is 0.309. The highest BCUT2D eigenvalue weighted by Gasteiger charge is 2.36. The molecule has 0 saturated heterocycles. The second kappa shape index (κ2) is 6.69. The van der Waals surface area contributed by atoms with E-state index in [9.17, 15) is 0 Å². The number of benzene rings is 1. The van der Waals surface area contributed by atoms with Crippen molar-refractivity contribution in [2.24, 2.45) is 0 Å². The molecule has 1 N–H and O–H groups in total. The number of hydrogen-bond donors (Lipinski definition) is 1. The molecule has 7 heteroatoms. The lowest BCUT2D eigenvalue weighted by atomic mass is 9.76. The van der Waals surface area contributed by atoms with Crippen LogP contribution >= 0.6 is 11.6 Å². The Hall–Kier alpha value is -2.31. The van der Waals surface area contributed by atoms with Gasteiger partial charge in [0.1, 0.15) is 6.33 Å². The summed E-state index contributed by atoms with van der Waals surface area (Å²) in [5.41, 5.74) is 4.67. The fourth-order valence-electron chi connectivity index (χ4n) is 4.31. The molecule has 0 amide bonds. The molecule has 2 aliphatic rings. The van der Waals surface area contributed by atoms with E-state index in [-0.39, 0.29) is 4.87 Å². The van der Waals surface area contributed by atoms with Crippen molar-refractivity contribution in [1.82, 2.24) is 30.0 Å². The van der Waals surface area contributed by atoms with Crippen LogP contribution in [-0.4, -0.2) is 24.7 Å². The van der Waals surface area contributed by atoms with Gasteiger partial charge in [-0.2, -0.15) is 0 Å². The van der Waals surface area contributed by atoms with Crippen LogP contribution in [0.5, 0.6) is 0 Å². The minimum atomic E-state index is -0.309. The van der Waals surface area contributed by atoms with Gasteiger partial charge in [0, 0.05) is 31.1 Å². The van der Waals surface area contributed by atoms with Gasteiger partial charge >= 0.3 is 0 Å². The molecule has 0 atom stereocenters. The Bertz CT molecular complexity index is 946. The zero-order valence-corrected chi connectivity index (χ0v) is 15.7. The minimum Gasteiger partial charge on any atom is -0.306 e. The summed E-state index contributed by atoms with van der Waals surface area (Å²) >= 11 is 7.13. The molecule has 5 rings (SSSR count). The van der Waals surface area contributed by atoms with Crippen LogP contribution in [0.4, 0.5) is 0 Å². The molecule has 0 radical (unpaired) electrons. The smallest absolute Gasteiger partial charge is 0.151 e. The number of fused-ring (bicyclic) bond motifs is 3. The van der Waals surface area contributed by atoms with Crippen LogP contribution in [0.25, 0.3) is 5.69 Å². The van der Waals surface area contributed by atoms with Gasteiger partial charge < -0.3 is 5.32 Å². The number of hydrogen-bond acceptors (Lipinski definition) is 5. The maximum Gasteiger partial charge on any atom is 0.151 e. The van der Waals surface area contributed by atoms with Crippen LogP contribution < -0.4 is 5.32 Å². The van der Waals surface area contributed by atoms with Crippen molar-refractivity contribution in [1.29, 1.82) is 0 Å². The highest BCUT2D eigenvalue weighted by molar-refractivity contribution is 6.24. The molecule has 6 nitrogen and oxygen atoms in total. The molecule has 0 spiro atoms. The summed E-state index contributed by atoms with van der Waals surface area (Å²) in [7, 11) is 0. The second-order valence-electron chi connectivity index (χ2n) is 7.43. The molecular weight excluding hydrogens is 360 g/mol. The van der Waals surface area contributed by atoms with Crippen LogP contribution in [0.2, 0.25) is 0 Å². The summed E-state index contributed by atoms with van der Waals surface area (Å²) in [6.45, 7) is 1.53. The predicted molar refractivity (Wildman–Crippen MR) is 103 cm³/mol. The zero-order valence-electron chi connectivity index (χ0n) is 15.0. The van der Waals surface area contributed by atoms with E-state index in [1.54, 1.807) is 18.7 Å². The topological polar surface area (TPSA) is 68.5 Å². The summed E-state index contributed by atoms with van der Waals surface area (Å²) < 4.78 is 2.06. The summed E-state index contributed by atoms with van der Waals surface area (Å²) in [4.78, 5) is 8.38. The largest absolute Gasteiger partial charge is 0.306 e. The SMILES string of the molecule is ClC1(c2ccc3c(c2)CNCc2nncn2-3)CCC(c2cnccn2)CC1. The van der Waals surface area contributed by atoms with E-state index in [1.165, 1.54) is 11.1 Å². The molecule has 1 fully saturated rings. The average Bonchev–Trinajstić information content (AvgIpc) is 3.10. The third-order valence-corrected chi connectivity index (χ3v) is 6.45. The van der Waals surface area contributed by atoms with Crippen molar-refractivity contribution in [2.45, 2.75) is 49.6 Å². The van der Waals surface area contributed by atoms with Gasteiger partial charge in [-0.05, 0) is 42.9 Å². The van der Waals surface area contributed by atoms with Gasteiger partial charge in [-0.25, -0.2) is 0 Å². The normalized spacial score (nSPS) is 24.7. The molecule has 0 unspecified atom stereocenters. The van der Waals surface area contributed by atoms with E-state index in [1.807, 2.05) is 6.20 Å². The monoisotopic (exact) mass is 380 g/mol. The van der Waals surface area contributed by atoms with Gasteiger partial charge in [0.2, 0.25) is 0 Å². The lowest BCUT2D eigenvalue weighted by Gasteiger charge is -2.36. The van der Waals surface area contributed by atoms with Gasteiger partial charge in [-0.15, -0.1) is 21.8 Å². The maximum atomic E-state index is 7.13. The highest BCUT2D eigenvalue weighted by Crippen LogP contribution is 2.47. The lowest BCUT2D eigenvalue weighted by Crippen LogP contribution is -2.26. The molecule has 138 valence electrons. The van der Waals surface area contributed by atoms with Gasteiger partial charge in [-0.3, -0.25) is 14.5 Å². The zero-order chi connectivity index (χ0) is 18.3. The second-order valence-corrected chi connectivity index (χ2v) is 8.16. The number of rotatable bonds is 2. The number of nitrogens with zero attached hydrogens (tertiary/aromatic N) is 5. The Morgan fingerprint density at radius 3 is 2.85 bits per heavy atom. The molecule has 0 bridgehead atoms. The maximum absolute atomic E-state index is 7.13. The Balaban J connectivity index is 1.40. The third-order valence-electron chi connectivity index (χ3n) is 5.85. The summed E-state index contributed by atoms with van der Waals surface area (Å²) in [6.07, 6.45) is 11.1. The highest BCUT2D eigenvalue weighted by atomic mass is 35.5. The van der Waals surface area contributed by atoms with E-state index >= 15 is 0 Å². The van der Waals surface area contributed by atoms with Crippen molar-refractivity contribution in [3.63, 3.8) is 0 Å². The van der Waals surface area contributed by atoms with E-state index in [4.69, 9.17) is 11.6 Å². The molecule has 2 aromatic heterocycles. The summed E-state index contributed by atoms with van der Waals surface area (Å²) in [6, 6.07) is 6.58. The molecule has 1 aromatic carbocycles. The van der Waals surface area contributed by atoms with Crippen LogP contribution in [0, 0.1) is 0 Å². The number of alkyl halides is 1.